The van der Waals surface area contributed by atoms with Gasteiger partial charge in [-0.05, 0) is 24.8 Å². The van der Waals surface area contributed by atoms with Crippen molar-refractivity contribution in [3.8, 4) is 0 Å². The minimum Gasteiger partial charge on any atom is -0.468 e. The third-order valence-corrected chi connectivity index (χ3v) is 5.90. The SMILES string of the molecule is COCCOC(=O)C1=C(C)NC2=C(C(=O)[C@@H](C(=O)OC)[C@H](C)C2)[C@@H]1c1cccc([N+](=O)[O-])c1. The number of methoxy groups -OCH3 is 2. The number of ketones is 1. The van der Waals surface area contributed by atoms with Crippen LogP contribution in [0.1, 0.15) is 31.7 Å². The minimum atomic E-state index is -1.04. The van der Waals surface area contributed by atoms with Gasteiger partial charge in [-0.1, -0.05) is 19.1 Å². The van der Waals surface area contributed by atoms with Crippen molar-refractivity contribution in [3.63, 3.8) is 0 Å². The van der Waals surface area contributed by atoms with Gasteiger partial charge in [0, 0.05) is 42.1 Å². The van der Waals surface area contributed by atoms with Crippen LogP contribution in [0, 0.1) is 22.0 Å². The fourth-order valence-corrected chi connectivity index (χ4v) is 4.40. The molecule has 1 aromatic carbocycles. The molecule has 1 aromatic rings. The Balaban J connectivity index is 2.16. The molecule has 0 fully saturated rings. The number of benzene rings is 1. The second-order valence-corrected chi connectivity index (χ2v) is 8.02. The molecular weight excluding hydrogens is 432 g/mol. The van der Waals surface area contributed by atoms with E-state index in [1.807, 2.05) is 0 Å². The number of Topliss-reactive ketones (excluding diaryl/α,β-unsaturated/α-hetero) is 1. The first-order valence-electron chi connectivity index (χ1n) is 10.4. The van der Waals surface area contributed by atoms with Gasteiger partial charge in [-0.25, -0.2) is 4.79 Å². The Labute approximate surface area is 190 Å². The van der Waals surface area contributed by atoms with Crippen LogP contribution in [-0.2, 0) is 28.6 Å². The van der Waals surface area contributed by atoms with Crippen molar-refractivity contribution in [2.45, 2.75) is 26.2 Å². The Bertz CT molecular complexity index is 1060. The number of nitro groups is 1. The van der Waals surface area contributed by atoms with E-state index in [0.29, 0.717) is 23.4 Å². The van der Waals surface area contributed by atoms with E-state index in [1.165, 1.54) is 32.4 Å². The number of nitro benzene ring substituents is 1. The van der Waals surface area contributed by atoms with Crippen LogP contribution < -0.4 is 5.32 Å². The average Bonchev–Trinajstić information content (AvgIpc) is 2.78. The molecule has 1 heterocycles. The lowest BCUT2D eigenvalue weighted by Gasteiger charge is -2.38. The lowest BCUT2D eigenvalue weighted by atomic mass is 9.69. The lowest BCUT2D eigenvalue weighted by Crippen LogP contribution is -2.43. The first kappa shape index (κ1) is 24.1. The molecule has 0 amide bonds. The number of esters is 2. The molecular formula is C23H26N2O8. The number of hydrogen-bond acceptors (Lipinski definition) is 9. The monoisotopic (exact) mass is 458 g/mol. The highest BCUT2D eigenvalue weighted by molar-refractivity contribution is 6.12. The van der Waals surface area contributed by atoms with Gasteiger partial charge in [0.15, 0.2) is 5.78 Å². The highest BCUT2D eigenvalue weighted by atomic mass is 16.6. The molecule has 0 bridgehead atoms. The second kappa shape index (κ2) is 9.95. The molecule has 33 heavy (non-hydrogen) atoms. The van der Waals surface area contributed by atoms with Gasteiger partial charge in [-0.2, -0.15) is 0 Å². The Morgan fingerprint density at radius 2 is 1.97 bits per heavy atom. The van der Waals surface area contributed by atoms with Crippen molar-refractivity contribution in [3.05, 3.63) is 62.5 Å². The number of allylic oxidation sites excluding steroid dienone is 3. The predicted molar refractivity (Wildman–Crippen MR) is 116 cm³/mol. The van der Waals surface area contributed by atoms with Crippen LogP contribution in [0.5, 0.6) is 0 Å². The Morgan fingerprint density at radius 3 is 2.61 bits per heavy atom. The summed E-state index contributed by atoms with van der Waals surface area (Å²) < 4.78 is 15.1. The third-order valence-electron chi connectivity index (χ3n) is 5.90. The molecule has 3 rings (SSSR count). The number of non-ortho nitro benzene ring substituents is 1. The average molecular weight is 458 g/mol. The quantitative estimate of drug-likeness (QED) is 0.215. The first-order chi connectivity index (χ1) is 15.7. The molecule has 176 valence electrons. The Hall–Kier alpha value is -3.53. The third kappa shape index (κ3) is 4.65. The molecule has 1 N–H and O–H groups in total. The molecule has 1 aliphatic heterocycles. The van der Waals surface area contributed by atoms with Gasteiger partial charge >= 0.3 is 11.9 Å². The number of hydrogen-bond donors (Lipinski definition) is 1. The smallest absolute Gasteiger partial charge is 0.336 e. The van der Waals surface area contributed by atoms with Crippen LogP contribution >= 0.6 is 0 Å². The Morgan fingerprint density at radius 1 is 1.24 bits per heavy atom. The van der Waals surface area contributed by atoms with E-state index < -0.39 is 34.5 Å². The fraction of sp³-hybridized carbons (Fsp3) is 0.435. The number of ether oxygens (including phenoxy) is 3. The number of carbonyl (C=O) groups excluding carboxylic acids is 3. The van der Waals surface area contributed by atoms with Crippen molar-refractivity contribution >= 4 is 23.4 Å². The van der Waals surface area contributed by atoms with Gasteiger partial charge in [-0.3, -0.25) is 19.7 Å². The van der Waals surface area contributed by atoms with Crippen molar-refractivity contribution in [2.24, 2.45) is 11.8 Å². The van der Waals surface area contributed by atoms with Crippen LogP contribution in [0.3, 0.4) is 0 Å². The highest BCUT2D eigenvalue weighted by Gasteiger charge is 2.47. The lowest BCUT2D eigenvalue weighted by molar-refractivity contribution is -0.384. The van der Waals surface area contributed by atoms with E-state index in [-0.39, 0.29) is 36.0 Å². The summed E-state index contributed by atoms with van der Waals surface area (Å²) >= 11 is 0. The van der Waals surface area contributed by atoms with Crippen LogP contribution in [0.25, 0.3) is 0 Å². The molecule has 2 aliphatic rings. The van der Waals surface area contributed by atoms with Crippen molar-refractivity contribution in [1.82, 2.24) is 5.32 Å². The maximum atomic E-state index is 13.6. The normalized spacial score (nSPS) is 22.4. The van der Waals surface area contributed by atoms with E-state index >= 15 is 0 Å². The van der Waals surface area contributed by atoms with Crippen LogP contribution in [0.15, 0.2) is 46.8 Å². The molecule has 1 aliphatic carbocycles. The number of dihydropyridines is 1. The van der Waals surface area contributed by atoms with Gasteiger partial charge < -0.3 is 19.5 Å². The maximum absolute atomic E-state index is 13.6. The minimum absolute atomic E-state index is 0.00452. The summed E-state index contributed by atoms with van der Waals surface area (Å²) in [5, 5.41) is 14.5. The summed E-state index contributed by atoms with van der Waals surface area (Å²) in [6, 6.07) is 5.76. The summed E-state index contributed by atoms with van der Waals surface area (Å²) in [6.07, 6.45) is 0.371. The molecule has 0 unspecified atom stereocenters. The summed E-state index contributed by atoms with van der Waals surface area (Å²) in [7, 11) is 2.68. The van der Waals surface area contributed by atoms with E-state index in [9.17, 15) is 24.5 Å². The topological polar surface area (TPSA) is 134 Å². The zero-order valence-corrected chi connectivity index (χ0v) is 18.9. The van der Waals surface area contributed by atoms with E-state index in [2.05, 4.69) is 5.32 Å². The van der Waals surface area contributed by atoms with Crippen molar-refractivity contribution < 1.29 is 33.5 Å². The molecule has 0 saturated heterocycles. The summed E-state index contributed by atoms with van der Waals surface area (Å²) in [5.41, 5.74) is 1.62. The predicted octanol–water partition coefficient (Wildman–Crippen LogP) is 2.40. The van der Waals surface area contributed by atoms with Gasteiger partial charge in [0.2, 0.25) is 0 Å². The van der Waals surface area contributed by atoms with E-state index in [0.717, 1.165) is 0 Å². The number of carbonyl (C=O) groups is 3. The van der Waals surface area contributed by atoms with Gasteiger partial charge in [-0.15, -0.1) is 0 Å². The van der Waals surface area contributed by atoms with E-state index in [4.69, 9.17) is 14.2 Å². The van der Waals surface area contributed by atoms with Crippen LogP contribution in [0.2, 0.25) is 0 Å². The molecule has 0 radical (unpaired) electrons. The zero-order chi connectivity index (χ0) is 24.3. The first-order valence-corrected chi connectivity index (χ1v) is 10.4. The molecule has 0 saturated carbocycles. The number of nitrogens with one attached hydrogen (secondary N) is 1. The highest BCUT2D eigenvalue weighted by Crippen LogP contribution is 2.45. The standard InChI is InChI=1S/C23H26N2O8/c1-12-10-16-20(21(26)17(12)22(27)32-4)19(14-6-5-7-15(11-14)25(29)30)18(13(2)24-16)23(28)33-9-8-31-3/h5-7,11-12,17,19,24H,8-10H2,1-4H3/t12-,17+,19-/m1/s1. The van der Waals surface area contributed by atoms with Crippen molar-refractivity contribution in [1.29, 1.82) is 0 Å². The van der Waals surface area contributed by atoms with Gasteiger partial charge in [0.25, 0.3) is 5.69 Å². The second-order valence-electron chi connectivity index (χ2n) is 8.02. The van der Waals surface area contributed by atoms with Gasteiger partial charge in [0.1, 0.15) is 12.5 Å². The summed E-state index contributed by atoms with van der Waals surface area (Å²) in [4.78, 5) is 49.9. The Kier molecular flexibility index (Phi) is 7.27. The van der Waals surface area contributed by atoms with Gasteiger partial charge in [0.05, 0.1) is 24.2 Å². The molecule has 0 aromatic heterocycles. The van der Waals surface area contributed by atoms with Crippen LogP contribution in [-0.4, -0.2) is 50.1 Å². The molecule has 10 heteroatoms. The zero-order valence-electron chi connectivity index (χ0n) is 18.9. The molecule has 10 nitrogen and oxygen atoms in total. The molecule has 0 spiro atoms. The number of nitrogens with zero attached hydrogens (tertiary/aromatic N) is 1. The summed E-state index contributed by atoms with van der Waals surface area (Å²) in [5.74, 6) is -4.13. The number of rotatable bonds is 7. The summed E-state index contributed by atoms with van der Waals surface area (Å²) in [6.45, 7) is 3.64. The maximum Gasteiger partial charge on any atom is 0.336 e. The fourth-order valence-electron chi connectivity index (χ4n) is 4.40. The largest absolute Gasteiger partial charge is 0.468 e. The molecule has 3 atom stereocenters. The van der Waals surface area contributed by atoms with Crippen LogP contribution in [0.4, 0.5) is 5.69 Å². The van der Waals surface area contributed by atoms with Crippen molar-refractivity contribution in [2.75, 3.05) is 27.4 Å². The van der Waals surface area contributed by atoms with E-state index in [1.54, 1.807) is 19.9 Å².